The van der Waals surface area contributed by atoms with Crippen LogP contribution in [-0.2, 0) is 0 Å². The molecule has 0 fully saturated rings. The average molecular weight is 298 g/mol. The van der Waals surface area contributed by atoms with Gasteiger partial charge in [0.05, 0.1) is 0 Å². The van der Waals surface area contributed by atoms with Crippen LogP contribution in [0.2, 0.25) is 0 Å². The van der Waals surface area contributed by atoms with Crippen molar-refractivity contribution >= 4 is 15.9 Å². The third-order valence-corrected chi connectivity index (χ3v) is 3.73. The minimum Gasteiger partial charge on any atom is -0.310 e. The molecule has 0 spiro atoms. The van der Waals surface area contributed by atoms with Gasteiger partial charge in [0.25, 0.3) is 0 Å². The number of hydrogen-bond donors (Lipinski definition) is 1. The summed E-state index contributed by atoms with van der Waals surface area (Å²) in [5.41, 5.74) is 2.73. The van der Waals surface area contributed by atoms with Crippen molar-refractivity contribution in [1.82, 2.24) is 5.32 Å². The first-order valence-electron chi connectivity index (χ1n) is 6.54. The Hall–Kier alpha value is -0.340. The lowest BCUT2D eigenvalue weighted by Gasteiger charge is -2.21. The second-order valence-corrected chi connectivity index (χ2v) is 5.96. The van der Waals surface area contributed by atoms with Crippen LogP contribution in [0.15, 0.2) is 22.7 Å². The first-order valence-corrected chi connectivity index (χ1v) is 7.33. The molecule has 0 aliphatic carbocycles. The number of hydrogen-bond acceptors (Lipinski definition) is 1. The van der Waals surface area contributed by atoms with Gasteiger partial charge in [0, 0.05) is 10.5 Å². The van der Waals surface area contributed by atoms with E-state index in [2.05, 4.69) is 67.1 Å². The molecule has 1 N–H and O–H groups in total. The van der Waals surface area contributed by atoms with Gasteiger partial charge in [0.15, 0.2) is 0 Å². The topological polar surface area (TPSA) is 12.0 Å². The van der Waals surface area contributed by atoms with E-state index in [0.29, 0.717) is 6.04 Å². The molecule has 1 unspecified atom stereocenters. The largest absolute Gasteiger partial charge is 0.310 e. The fourth-order valence-electron chi connectivity index (χ4n) is 2.04. The molecule has 1 atom stereocenters. The van der Waals surface area contributed by atoms with Crippen LogP contribution in [0.4, 0.5) is 0 Å². The predicted octanol–water partition coefficient (Wildman–Crippen LogP) is 4.84. The molecule has 0 aromatic heterocycles. The maximum Gasteiger partial charge on any atom is 0.0331 e. The summed E-state index contributed by atoms with van der Waals surface area (Å²) >= 11 is 3.67. The van der Waals surface area contributed by atoms with Crippen molar-refractivity contribution < 1.29 is 0 Å². The van der Waals surface area contributed by atoms with E-state index in [1.807, 2.05) is 0 Å². The predicted molar refractivity (Wildman–Crippen MR) is 79.4 cm³/mol. The third-order valence-electron chi connectivity index (χ3n) is 3.01. The number of aryl methyl sites for hydroxylation is 1. The molecule has 0 aliphatic heterocycles. The summed E-state index contributed by atoms with van der Waals surface area (Å²) in [4.78, 5) is 0. The molecular weight excluding hydrogens is 274 g/mol. The Balaban J connectivity index is 2.84. The highest BCUT2D eigenvalue weighted by Gasteiger charge is 2.14. The fourth-order valence-corrected chi connectivity index (χ4v) is 2.57. The summed E-state index contributed by atoms with van der Waals surface area (Å²) in [6.07, 6.45) is 2.46. The van der Waals surface area contributed by atoms with Gasteiger partial charge in [-0.1, -0.05) is 54.4 Å². The lowest BCUT2D eigenvalue weighted by molar-refractivity contribution is 0.447. The number of benzene rings is 1. The molecule has 0 bridgehead atoms. The van der Waals surface area contributed by atoms with Gasteiger partial charge in [-0.3, -0.25) is 0 Å². The van der Waals surface area contributed by atoms with E-state index in [4.69, 9.17) is 0 Å². The van der Waals surface area contributed by atoms with Crippen LogP contribution < -0.4 is 5.32 Å². The molecule has 0 saturated heterocycles. The highest BCUT2D eigenvalue weighted by Crippen LogP contribution is 2.28. The Morgan fingerprint density at radius 1 is 1.24 bits per heavy atom. The third kappa shape index (κ3) is 4.81. The molecule has 0 amide bonds. The van der Waals surface area contributed by atoms with Gasteiger partial charge < -0.3 is 5.32 Å². The van der Waals surface area contributed by atoms with Gasteiger partial charge in [-0.15, -0.1) is 0 Å². The van der Waals surface area contributed by atoms with Crippen LogP contribution in [0.25, 0.3) is 0 Å². The lowest BCUT2D eigenvalue weighted by Crippen LogP contribution is -2.21. The number of halogens is 1. The number of nitrogens with one attached hydrogen (secondary N) is 1. The zero-order valence-corrected chi connectivity index (χ0v) is 13.0. The van der Waals surface area contributed by atoms with Crippen molar-refractivity contribution in [1.29, 1.82) is 0 Å². The molecule has 17 heavy (non-hydrogen) atoms. The van der Waals surface area contributed by atoms with Gasteiger partial charge in [-0.25, -0.2) is 0 Å². The summed E-state index contributed by atoms with van der Waals surface area (Å²) in [6, 6.07) is 7.07. The van der Waals surface area contributed by atoms with Crippen LogP contribution in [0.3, 0.4) is 0 Å². The van der Waals surface area contributed by atoms with Crippen LogP contribution >= 0.6 is 15.9 Å². The van der Waals surface area contributed by atoms with Gasteiger partial charge in [-0.05, 0) is 43.9 Å². The van der Waals surface area contributed by atoms with Crippen molar-refractivity contribution in [3.8, 4) is 0 Å². The molecule has 0 heterocycles. The molecule has 1 aromatic carbocycles. The molecule has 0 aliphatic rings. The number of rotatable bonds is 6. The van der Waals surface area contributed by atoms with Gasteiger partial charge >= 0.3 is 0 Å². The van der Waals surface area contributed by atoms with Gasteiger partial charge in [0.2, 0.25) is 0 Å². The van der Waals surface area contributed by atoms with E-state index in [0.717, 1.165) is 12.5 Å². The molecule has 96 valence electrons. The summed E-state index contributed by atoms with van der Waals surface area (Å²) in [6.45, 7) is 9.92. The Morgan fingerprint density at radius 3 is 2.53 bits per heavy atom. The Labute approximate surface area is 114 Å². The summed E-state index contributed by atoms with van der Waals surface area (Å²) in [7, 11) is 0. The standard InChI is InChI=1S/C15H24BrN/c1-5-17-15(9-6-11(2)3)13-10-12(4)7-8-14(13)16/h7-8,10-11,15,17H,5-6,9H2,1-4H3. The van der Waals surface area contributed by atoms with E-state index in [1.165, 1.54) is 28.4 Å². The Kier molecular flexibility index (Phi) is 6.21. The highest BCUT2D eigenvalue weighted by molar-refractivity contribution is 9.10. The molecule has 0 radical (unpaired) electrons. The van der Waals surface area contributed by atoms with Crippen LogP contribution in [0.1, 0.15) is 50.8 Å². The molecular formula is C15H24BrN. The minimum atomic E-state index is 0.469. The van der Waals surface area contributed by atoms with Crippen molar-refractivity contribution in [2.24, 2.45) is 5.92 Å². The van der Waals surface area contributed by atoms with Crippen LogP contribution in [0.5, 0.6) is 0 Å². The van der Waals surface area contributed by atoms with Crippen LogP contribution in [-0.4, -0.2) is 6.54 Å². The summed E-state index contributed by atoms with van der Waals surface area (Å²) in [5, 5.41) is 3.59. The molecule has 1 rings (SSSR count). The maximum absolute atomic E-state index is 3.67. The summed E-state index contributed by atoms with van der Waals surface area (Å²) in [5.74, 6) is 0.764. The zero-order chi connectivity index (χ0) is 12.8. The van der Waals surface area contributed by atoms with Gasteiger partial charge in [0.1, 0.15) is 0 Å². The van der Waals surface area contributed by atoms with E-state index >= 15 is 0 Å². The van der Waals surface area contributed by atoms with Crippen molar-refractivity contribution in [3.05, 3.63) is 33.8 Å². The van der Waals surface area contributed by atoms with E-state index < -0.39 is 0 Å². The first kappa shape index (κ1) is 14.7. The Morgan fingerprint density at radius 2 is 1.94 bits per heavy atom. The fraction of sp³-hybridized carbons (Fsp3) is 0.600. The minimum absolute atomic E-state index is 0.469. The smallest absolute Gasteiger partial charge is 0.0331 e. The maximum atomic E-state index is 3.67. The SMILES string of the molecule is CCNC(CCC(C)C)c1cc(C)ccc1Br. The van der Waals surface area contributed by atoms with Crippen molar-refractivity contribution in [2.75, 3.05) is 6.54 Å². The van der Waals surface area contributed by atoms with E-state index in [1.54, 1.807) is 0 Å². The second-order valence-electron chi connectivity index (χ2n) is 5.11. The van der Waals surface area contributed by atoms with E-state index in [9.17, 15) is 0 Å². The quantitative estimate of drug-likeness (QED) is 0.792. The molecule has 1 aromatic rings. The normalized spacial score (nSPS) is 13.1. The van der Waals surface area contributed by atoms with Gasteiger partial charge in [-0.2, -0.15) is 0 Å². The molecule has 2 heteroatoms. The first-order chi connectivity index (χ1) is 8.04. The lowest BCUT2D eigenvalue weighted by atomic mass is 9.96. The van der Waals surface area contributed by atoms with Crippen molar-refractivity contribution in [2.45, 2.75) is 46.6 Å². The Bertz CT molecular complexity index is 347. The molecule has 0 saturated carbocycles. The molecule has 1 nitrogen and oxygen atoms in total. The van der Waals surface area contributed by atoms with E-state index in [-0.39, 0.29) is 0 Å². The van der Waals surface area contributed by atoms with Crippen molar-refractivity contribution in [3.63, 3.8) is 0 Å². The zero-order valence-electron chi connectivity index (χ0n) is 11.4. The highest BCUT2D eigenvalue weighted by atomic mass is 79.9. The van der Waals surface area contributed by atoms with Crippen LogP contribution in [0, 0.1) is 12.8 Å². The average Bonchev–Trinajstić information content (AvgIpc) is 2.27. The summed E-state index contributed by atoms with van der Waals surface area (Å²) < 4.78 is 1.22. The second kappa shape index (κ2) is 7.17. The monoisotopic (exact) mass is 297 g/mol.